The van der Waals surface area contributed by atoms with Crippen molar-refractivity contribution in [3.63, 3.8) is 0 Å². The molecule has 0 rings (SSSR count). The van der Waals surface area contributed by atoms with Crippen molar-refractivity contribution in [2.45, 2.75) is 77.7 Å². The molecule has 0 fully saturated rings. The Balaban J connectivity index is 3.34. The van der Waals surface area contributed by atoms with Gasteiger partial charge in [-0.1, -0.05) is 67.8 Å². The minimum atomic E-state index is 0.293. The zero-order chi connectivity index (χ0) is 13.1. The summed E-state index contributed by atoms with van der Waals surface area (Å²) in [6.07, 6.45) is 11.3. The van der Waals surface area contributed by atoms with Gasteiger partial charge in [0.15, 0.2) is 0 Å². The monoisotopic (exact) mass is 305 g/mol. The number of rotatable bonds is 11. The van der Waals surface area contributed by atoms with Crippen LogP contribution in [0.4, 0.5) is 0 Å². The number of hydrogen-bond donors (Lipinski definition) is 0. The second-order valence-corrected chi connectivity index (χ2v) is 6.40. The van der Waals surface area contributed by atoms with Crippen LogP contribution in [0.15, 0.2) is 0 Å². The first-order chi connectivity index (χ1) is 8.04. The third kappa shape index (κ3) is 9.07. The molecule has 17 heavy (non-hydrogen) atoms. The van der Waals surface area contributed by atoms with E-state index < -0.39 is 0 Å². The average Bonchev–Trinajstić information content (AvgIpc) is 2.32. The second-order valence-electron chi connectivity index (χ2n) is 5.84. The number of nitrogens with zero attached hydrogens (tertiary/aromatic N) is 1. The standard InChI is InChI=1S/C15H32BrN/c1-5-6-7-8-9-10-11-12-13-17(4)15(2,3)14-16/h5-14H2,1-4H3. The zero-order valence-corrected chi connectivity index (χ0v) is 14.0. The van der Waals surface area contributed by atoms with E-state index in [0.29, 0.717) is 5.54 Å². The molecule has 0 saturated carbocycles. The van der Waals surface area contributed by atoms with Gasteiger partial charge >= 0.3 is 0 Å². The summed E-state index contributed by atoms with van der Waals surface area (Å²) in [5.74, 6) is 0. The highest BCUT2D eigenvalue weighted by Gasteiger charge is 2.20. The molecule has 0 aliphatic carbocycles. The van der Waals surface area contributed by atoms with Crippen molar-refractivity contribution in [1.82, 2.24) is 4.90 Å². The van der Waals surface area contributed by atoms with Gasteiger partial charge in [0.05, 0.1) is 0 Å². The van der Waals surface area contributed by atoms with E-state index in [0.717, 1.165) is 5.33 Å². The van der Waals surface area contributed by atoms with Crippen molar-refractivity contribution < 1.29 is 0 Å². The summed E-state index contributed by atoms with van der Waals surface area (Å²) in [6.45, 7) is 8.11. The maximum atomic E-state index is 3.59. The van der Waals surface area contributed by atoms with Gasteiger partial charge in [-0.2, -0.15) is 0 Å². The van der Waals surface area contributed by atoms with Gasteiger partial charge in [-0.05, 0) is 33.9 Å². The first kappa shape index (κ1) is 17.4. The minimum absolute atomic E-state index is 0.293. The largest absolute Gasteiger partial charge is 0.300 e. The molecule has 0 radical (unpaired) electrons. The van der Waals surface area contributed by atoms with E-state index >= 15 is 0 Å². The van der Waals surface area contributed by atoms with E-state index in [2.05, 4.69) is 48.6 Å². The molecule has 0 heterocycles. The van der Waals surface area contributed by atoms with E-state index in [4.69, 9.17) is 0 Å². The van der Waals surface area contributed by atoms with Gasteiger partial charge in [-0.3, -0.25) is 0 Å². The Morgan fingerprint density at radius 3 is 1.82 bits per heavy atom. The Labute approximate surface area is 117 Å². The van der Waals surface area contributed by atoms with Gasteiger partial charge in [0.25, 0.3) is 0 Å². The van der Waals surface area contributed by atoms with Crippen molar-refractivity contribution in [3.8, 4) is 0 Å². The van der Waals surface area contributed by atoms with Crippen molar-refractivity contribution in [2.24, 2.45) is 0 Å². The molecule has 0 amide bonds. The van der Waals surface area contributed by atoms with Gasteiger partial charge < -0.3 is 4.90 Å². The highest BCUT2D eigenvalue weighted by Crippen LogP contribution is 2.16. The maximum Gasteiger partial charge on any atom is 0.0246 e. The summed E-state index contributed by atoms with van der Waals surface area (Å²) in [5.41, 5.74) is 0.293. The Morgan fingerprint density at radius 2 is 1.35 bits per heavy atom. The molecule has 0 aliphatic heterocycles. The molecule has 0 spiro atoms. The average molecular weight is 306 g/mol. The van der Waals surface area contributed by atoms with Crippen LogP contribution in [0.25, 0.3) is 0 Å². The summed E-state index contributed by atoms with van der Waals surface area (Å²) in [5, 5.41) is 1.05. The SMILES string of the molecule is CCCCCCCCCCN(C)C(C)(C)CBr. The summed E-state index contributed by atoms with van der Waals surface area (Å²) >= 11 is 3.59. The van der Waals surface area contributed by atoms with Crippen LogP contribution in [0.5, 0.6) is 0 Å². The Kier molecular flexibility index (Phi) is 10.6. The molecule has 0 aliphatic rings. The molecule has 0 N–H and O–H groups in total. The summed E-state index contributed by atoms with van der Waals surface area (Å²) < 4.78 is 0. The molecule has 2 heteroatoms. The van der Waals surface area contributed by atoms with E-state index in [1.54, 1.807) is 0 Å². The van der Waals surface area contributed by atoms with Crippen LogP contribution in [0, 0.1) is 0 Å². The van der Waals surface area contributed by atoms with Crippen LogP contribution in [0.1, 0.15) is 72.1 Å². The van der Waals surface area contributed by atoms with E-state index in [9.17, 15) is 0 Å². The molecule has 0 atom stereocenters. The fourth-order valence-electron chi connectivity index (χ4n) is 1.89. The normalized spacial score (nSPS) is 12.4. The summed E-state index contributed by atoms with van der Waals surface area (Å²) in [4.78, 5) is 2.47. The van der Waals surface area contributed by atoms with Crippen LogP contribution in [-0.2, 0) is 0 Å². The fourth-order valence-corrected chi connectivity index (χ4v) is 2.32. The molecule has 104 valence electrons. The van der Waals surface area contributed by atoms with E-state index in [1.165, 1.54) is 57.9 Å². The summed E-state index contributed by atoms with van der Waals surface area (Å²) in [6, 6.07) is 0. The van der Waals surface area contributed by atoms with E-state index in [-0.39, 0.29) is 0 Å². The van der Waals surface area contributed by atoms with E-state index in [1.807, 2.05) is 0 Å². The number of unbranched alkanes of at least 4 members (excludes halogenated alkanes) is 7. The predicted octanol–water partition coefficient (Wildman–Crippen LogP) is 5.23. The molecule has 0 saturated heterocycles. The maximum absolute atomic E-state index is 3.59. The van der Waals surface area contributed by atoms with Crippen LogP contribution < -0.4 is 0 Å². The van der Waals surface area contributed by atoms with Crippen molar-refractivity contribution in [3.05, 3.63) is 0 Å². The Hall–Kier alpha value is 0.440. The molecule has 0 aromatic carbocycles. The fraction of sp³-hybridized carbons (Fsp3) is 1.00. The number of alkyl halides is 1. The highest BCUT2D eigenvalue weighted by atomic mass is 79.9. The van der Waals surface area contributed by atoms with Crippen LogP contribution >= 0.6 is 15.9 Å². The van der Waals surface area contributed by atoms with Crippen LogP contribution in [0.2, 0.25) is 0 Å². The van der Waals surface area contributed by atoms with Gasteiger partial charge in [0, 0.05) is 10.9 Å². The first-order valence-electron chi connectivity index (χ1n) is 7.31. The molecular formula is C15H32BrN. The molecule has 1 nitrogen and oxygen atoms in total. The molecule has 0 bridgehead atoms. The third-order valence-electron chi connectivity index (χ3n) is 3.71. The molecular weight excluding hydrogens is 274 g/mol. The predicted molar refractivity (Wildman–Crippen MR) is 83.1 cm³/mol. The quantitative estimate of drug-likeness (QED) is 0.373. The molecule has 0 aromatic rings. The van der Waals surface area contributed by atoms with Crippen LogP contribution in [-0.4, -0.2) is 29.4 Å². The lowest BCUT2D eigenvalue weighted by molar-refractivity contribution is 0.178. The molecule has 0 unspecified atom stereocenters. The van der Waals surface area contributed by atoms with Crippen LogP contribution in [0.3, 0.4) is 0 Å². The summed E-state index contributed by atoms with van der Waals surface area (Å²) in [7, 11) is 2.24. The van der Waals surface area contributed by atoms with Crippen molar-refractivity contribution >= 4 is 15.9 Å². The lowest BCUT2D eigenvalue weighted by Crippen LogP contribution is -2.43. The first-order valence-corrected chi connectivity index (χ1v) is 8.44. The smallest absolute Gasteiger partial charge is 0.0246 e. The van der Waals surface area contributed by atoms with Gasteiger partial charge in [-0.25, -0.2) is 0 Å². The third-order valence-corrected chi connectivity index (χ3v) is 5.08. The van der Waals surface area contributed by atoms with Gasteiger partial charge in [0.1, 0.15) is 0 Å². The Bertz CT molecular complexity index is 168. The lowest BCUT2D eigenvalue weighted by Gasteiger charge is -2.34. The zero-order valence-electron chi connectivity index (χ0n) is 12.4. The Morgan fingerprint density at radius 1 is 0.882 bits per heavy atom. The topological polar surface area (TPSA) is 3.24 Å². The van der Waals surface area contributed by atoms with Crippen molar-refractivity contribution in [2.75, 3.05) is 18.9 Å². The van der Waals surface area contributed by atoms with Gasteiger partial charge in [0.2, 0.25) is 0 Å². The highest BCUT2D eigenvalue weighted by molar-refractivity contribution is 9.09. The van der Waals surface area contributed by atoms with Crippen molar-refractivity contribution in [1.29, 1.82) is 0 Å². The number of halogens is 1. The van der Waals surface area contributed by atoms with Gasteiger partial charge in [-0.15, -0.1) is 0 Å². The minimum Gasteiger partial charge on any atom is -0.300 e. The second kappa shape index (κ2) is 10.4. The lowest BCUT2D eigenvalue weighted by atomic mass is 10.1. The molecule has 0 aromatic heterocycles. The number of hydrogen-bond acceptors (Lipinski definition) is 1.